The maximum atomic E-state index is 10.8. The first-order chi connectivity index (χ1) is 7.13. The van der Waals surface area contributed by atoms with Crippen molar-refractivity contribution in [2.75, 3.05) is 12.8 Å². The Labute approximate surface area is 89.5 Å². The van der Waals surface area contributed by atoms with E-state index < -0.39 is 0 Å². The molecule has 0 aliphatic rings. The van der Waals surface area contributed by atoms with Crippen molar-refractivity contribution in [2.24, 2.45) is 0 Å². The zero-order chi connectivity index (χ0) is 11.3. The molecule has 3 nitrogen and oxygen atoms in total. The highest BCUT2D eigenvalue weighted by molar-refractivity contribution is 5.73. The number of anilines is 1. The first-order valence-electron chi connectivity index (χ1n) is 4.73. The zero-order valence-electron chi connectivity index (χ0n) is 8.99. The second-order valence-corrected chi connectivity index (χ2v) is 3.31. The normalized spacial score (nSPS) is 10.5. The zero-order valence-corrected chi connectivity index (χ0v) is 8.99. The van der Waals surface area contributed by atoms with Crippen molar-refractivity contribution in [1.29, 1.82) is 0 Å². The molecule has 0 fully saturated rings. The maximum Gasteiger partial charge on any atom is 0.309 e. The van der Waals surface area contributed by atoms with Crippen LogP contribution in [0.5, 0.6) is 0 Å². The summed E-state index contributed by atoms with van der Waals surface area (Å²) in [5, 5.41) is 0. The topological polar surface area (TPSA) is 52.3 Å². The minimum atomic E-state index is -0.253. The van der Waals surface area contributed by atoms with Crippen LogP contribution >= 0.6 is 0 Å². The Kier molecular flexibility index (Phi) is 3.92. The highest BCUT2D eigenvalue weighted by Gasteiger charge is 1.97. The van der Waals surface area contributed by atoms with Crippen molar-refractivity contribution in [3.63, 3.8) is 0 Å². The molecule has 0 radical (unpaired) electrons. The molecule has 1 aromatic carbocycles. The van der Waals surface area contributed by atoms with E-state index in [0.29, 0.717) is 0 Å². The van der Waals surface area contributed by atoms with Crippen LogP contribution in [-0.4, -0.2) is 13.1 Å². The van der Waals surface area contributed by atoms with Gasteiger partial charge in [-0.15, -0.1) is 0 Å². The van der Waals surface area contributed by atoms with Crippen LogP contribution in [0.3, 0.4) is 0 Å². The summed E-state index contributed by atoms with van der Waals surface area (Å²) < 4.78 is 4.52. The fourth-order valence-corrected chi connectivity index (χ4v) is 1.21. The number of methoxy groups -OCH3 is 1. The smallest absolute Gasteiger partial charge is 0.309 e. The average molecular weight is 205 g/mol. The third-order valence-corrected chi connectivity index (χ3v) is 2.05. The molecule has 0 bridgehead atoms. The number of nitrogens with two attached hydrogens (primary N) is 1. The van der Waals surface area contributed by atoms with Crippen LogP contribution in [0.25, 0.3) is 6.08 Å². The van der Waals surface area contributed by atoms with E-state index in [1.165, 1.54) is 7.11 Å². The molecule has 0 saturated heterocycles. The number of carbonyl (C=O) groups is 1. The molecular weight excluding hydrogens is 190 g/mol. The van der Waals surface area contributed by atoms with Gasteiger partial charge in [-0.3, -0.25) is 4.79 Å². The summed E-state index contributed by atoms with van der Waals surface area (Å²) in [5.41, 5.74) is 8.57. The van der Waals surface area contributed by atoms with Crippen LogP contribution < -0.4 is 5.73 Å². The average Bonchev–Trinajstić information content (AvgIpc) is 2.21. The van der Waals surface area contributed by atoms with E-state index in [2.05, 4.69) is 4.74 Å². The molecule has 1 rings (SSSR count). The molecule has 0 heterocycles. The second-order valence-electron chi connectivity index (χ2n) is 3.31. The lowest BCUT2D eigenvalue weighted by Crippen LogP contribution is -1.96. The monoisotopic (exact) mass is 205 g/mol. The summed E-state index contributed by atoms with van der Waals surface area (Å²) in [6.45, 7) is 1.98. The number of hydrogen-bond acceptors (Lipinski definition) is 3. The number of nitrogen functional groups attached to an aromatic ring is 1. The van der Waals surface area contributed by atoms with E-state index in [0.717, 1.165) is 16.8 Å². The maximum absolute atomic E-state index is 10.8. The fraction of sp³-hybridized carbons (Fsp3) is 0.250. The highest BCUT2D eigenvalue weighted by Crippen LogP contribution is 2.15. The Bertz CT molecular complexity index is 383. The Balaban J connectivity index is 2.68. The van der Waals surface area contributed by atoms with Gasteiger partial charge in [0.2, 0.25) is 0 Å². The Hall–Kier alpha value is -1.77. The third-order valence-electron chi connectivity index (χ3n) is 2.05. The molecule has 0 amide bonds. The number of carbonyl (C=O) groups excluding carboxylic acids is 1. The number of ether oxygens (including phenoxy) is 1. The molecule has 0 aromatic heterocycles. The molecule has 0 spiro atoms. The lowest BCUT2D eigenvalue weighted by atomic mass is 10.1. The molecule has 0 atom stereocenters. The van der Waals surface area contributed by atoms with E-state index in [-0.39, 0.29) is 12.4 Å². The van der Waals surface area contributed by atoms with Crippen molar-refractivity contribution in [3.05, 3.63) is 35.4 Å². The number of esters is 1. The summed E-state index contributed by atoms with van der Waals surface area (Å²) in [6.07, 6.45) is 3.84. The molecule has 15 heavy (non-hydrogen) atoms. The second kappa shape index (κ2) is 5.20. The largest absolute Gasteiger partial charge is 0.469 e. The van der Waals surface area contributed by atoms with Crippen molar-refractivity contribution in [3.8, 4) is 0 Å². The lowest BCUT2D eigenvalue weighted by Gasteiger charge is -2.01. The van der Waals surface area contributed by atoms with Crippen molar-refractivity contribution >= 4 is 17.7 Å². The lowest BCUT2D eigenvalue weighted by molar-refractivity contribution is -0.139. The number of hydrogen-bond donors (Lipinski definition) is 1. The summed E-state index contributed by atoms with van der Waals surface area (Å²) in [7, 11) is 1.37. The molecule has 3 heteroatoms. The molecule has 0 aliphatic heterocycles. The van der Waals surface area contributed by atoms with Gasteiger partial charge in [0.1, 0.15) is 0 Å². The van der Waals surface area contributed by atoms with E-state index in [9.17, 15) is 4.79 Å². The Morgan fingerprint density at radius 3 is 2.87 bits per heavy atom. The van der Waals surface area contributed by atoms with Crippen LogP contribution in [0, 0.1) is 6.92 Å². The van der Waals surface area contributed by atoms with Gasteiger partial charge in [-0.1, -0.05) is 24.3 Å². The molecule has 0 unspecified atom stereocenters. The molecule has 0 aliphatic carbocycles. The molecule has 1 aromatic rings. The summed E-state index contributed by atoms with van der Waals surface area (Å²) in [4.78, 5) is 10.8. The van der Waals surface area contributed by atoms with E-state index >= 15 is 0 Å². The van der Waals surface area contributed by atoms with E-state index in [1.54, 1.807) is 6.08 Å². The van der Waals surface area contributed by atoms with Gasteiger partial charge < -0.3 is 10.5 Å². The van der Waals surface area contributed by atoms with Gasteiger partial charge >= 0.3 is 5.97 Å². The minimum absolute atomic E-state index is 0.253. The first-order valence-corrected chi connectivity index (χ1v) is 4.73. The van der Waals surface area contributed by atoms with Crippen molar-refractivity contribution in [2.45, 2.75) is 13.3 Å². The van der Waals surface area contributed by atoms with Gasteiger partial charge in [-0.2, -0.15) is 0 Å². The summed E-state index contributed by atoms with van der Waals surface area (Å²) in [5.74, 6) is -0.253. The Morgan fingerprint density at radius 1 is 1.53 bits per heavy atom. The summed E-state index contributed by atoms with van der Waals surface area (Å²) in [6, 6.07) is 5.81. The van der Waals surface area contributed by atoms with Gasteiger partial charge in [-0.25, -0.2) is 0 Å². The van der Waals surface area contributed by atoms with Gasteiger partial charge in [0.05, 0.1) is 13.5 Å². The van der Waals surface area contributed by atoms with Crippen molar-refractivity contribution < 1.29 is 9.53 Å². The quantitative estimate of drug-likeness (QED) is 0.607. The van der Waals surface area contributed by atoms with Crippen LogP contribution in [0.2, 0.25) is 0 Å². The number of aryl methyl sites for hydroxylation is 1. The molecule has 2 N–H and O–H groups in total. The molecular formula is C12H15NO2. The van der Waals surface area contributed by atoms with E-state index in [1.807, 2.05) is 31.2 Å². The van der Waals surface area contributed by atoms with Gasteiger partial charge in [0.15, 0.2) is 0 Å². The van der Waals surface area contributed by atoms with Gasteiger partial charge in [-0.05, 0) is 24.1 Å². The molecule has 0 saturated carbocycles. The van der Waals surface area contributed by atoms with E-state index in [4.69, 9.17) is 5.73 Å². The predicted molar refractivity (Wildman–Crippen MR) is 61.3 cm³/mol. The fourth-order valence-electron chi connectivity index (χ4n) is 1.21. The third kappa shape index (κ3) is 3.46. The van der Waals surface area contributed by atoms with Crippen LogP contribution in [0.4, 0.5) is 5.69 Å². The van der Waals surface area contributed by atoms with Crippen LogP contribution in [0.1, 0.15) is 17.5 Å². The SMILES string of the molecule is COC(=O)CC=Cc1ccc(C)cc1N. The minimum Gasteiger partial charge on any atom is -0.469 e. The molecule has 80 valence electrons. The predicted octanol–water partition coefficient (Wildman–Crippen LogP) is 2.15. The van der Waals surface area contributed by atoms with Crippen LogP contribution in [-0.2, 0) is 9.53 Å². The number of benzene rings is 1. The van der Waals surface area contributed by atoms with Gasteiger partial charge in [0.25, 0.3) is 0 Å². The van der Waals surface area contributed by atoms with Crippen molar-refractivity contribution in [1.82, 2.24) is 0 Å². The van der Waals surface area contributed by atoms with Crippen LogP contribution in [0.15, 0.2) is 24.3 Å². The van der Waals surface area contributed by atoms with Gasteiger partial charge in [0, 0.05) is 5.69 Å². The highest BCUT2D eigenvalue weighted by atomic mass is 16.5. The first kappa shape index (κ1) is 11.3. The number of rotatable bonds is 3. The standard InChI is InChI=1S/C12H15NO2/c1-9-6-7-10(11(13)8-9)4-3-5-12(14)15-2/h3-4,6-8H,5,13H2,1-2H3. The summed E-state index contributed by atoms with van der Waals surface area (Å²) >= 11 is 0. The Morgan fingerprint density at radius 2 is 2.27 bits per heavy atom.